The molecule has 0 spiro atoms. The predicted octanol–water partition coefficient (Wildman–Crippen LogP) is 5.82. The molecule has 10 heteroatoms. The van der Waals surface area contributed by atoms with Crippen LogP contribution in [-0.4, -0.2) is 45.2 Å². The maximum absolute atomic E-state index is 13.3. The van der Waals surface area contributed by atoms with E-state index in [1.807, 2.05) is 30.3 Å². The van der Waals surface area contributed by atoms with Crippen LogP contribution in [0.25, 0.3) is 0 Å². The molecule has 0 aliphatic rings. The first kappa shape index (κ1) is 31.2. The van der Waals surface area contributed by atoms with Gasteiger partial charge in [0.15, 0.2) is 9.84 Å². The number of amides is 1. The summed E-state index contributed by atoms with van der Waals surface area (Å²) in [6, 6.07) is 20.0. The third-order valence-electron chi connectivity index (χ3n) is 6.41. The maximum atomic E-state index is 13.3. The van der Waals surface area contributed by atoms with Gasteiger partial charge in [0.05, 0.1) is 17.1 Å². The Morgan fingerprint density at radius 2 is 1.75 bits per heavy atom. The lowest BCUT2D eigenvalue weighted by Gasteiger charge is -2.26. The summed E-state index contributed by atoms with van der Waals surface area (Å²) in [5.74, 6) is 0.270. The highest BCUT2D eigenvalue weighted by atomic mass is 32.2. The molecule has 0 bridgehead atoms. The van der Waals surface area contributed by atoms with Crippen LogP contribution in [0.4, 0.5) is 13.2 Å². The molecule has 1 amide bonds. The van der Waals surface area contributed by atoms with Crippen molar-refractivity contribution < 1.29 is 31.1 Å². The van der Waals surface area contributed by atoms with E-state index in [4.69, 9.17) is 4.74 Å². The summed E-state index contributed by atoms with van der Waals surface area (Å²) in [7, 11) is -3.56. The predicted molar refractivity (Wildman–Crippen MR) is 149 cm³/mol. The minimum Gasteiger partial charge on any atom is -0.494 e. The number of alkyl halides is 3. The fourth-order valence-electron chi connectivity index (χ4n) is 4.43. The van der Waals surface area contributed by atoms with E-state index in [2.05, 4.69) is 17.1 Å². The van der Waals surface area contributed by atoms with Crippen LogP contribution in [-0.2, 0) is 33.9 Å². The van der Waals surface area contributed by atoms with Gasteiger partial charge >= 0.3 is 6.18 Å². The number of nitrogens with zero attached hydrogens (tertiary/aromatic N) is 1. The van der Waals surface area contributed by atoms with Gasteiger partial charge in [0, 0.05) is 39.4 Å². The Morgan fingerprint density at radius 1 is 1.02 bits per heavy atom. The molecular formula is C30H35F3N2O4S. The Hall–Kier alpha value is -3.37. The molecule has 1 N–H and O–H groups in total. The van der Waals surface area contributed by atoms with E-state index in [1.165, 1.54) is 25.1 Å². The number of benzene rings is 3. The molecule has 0 fully saturated rings. The highest BCUT2D eigenvalue weighted by molar-refractivity contribution is 7.90. The van der Waals surface area contributed by atoms with Crippen LogP contribution in [0.5, 0.6) is 5.75 Å². The average molecular weight is 577 g/mol. The van der Waals surface area contributed by atoms with Crippen molar-refractivity contribution in [3.05, 3.63) is 95.1 Å². The van der Waals surface area contributed by atoms with Gasteiger partial charge in [-0.15, -0.1) is 0 Å². The molecule has 1 atom stereocenters. The molecule has 3 aromatic rings. The zero-order chi connectivity index (χ0) is 29.3. The Kier molecular flexibility index (Phi) is 10.8. The van der Waals surface area contributed by atoms with Crippen LogP contribution in [0.15, 0.2) is 77.7 Å². The molecule has 3 aromatic carbocycles. The Balaban J connectivity index is 1.69. The summed E-state index contributed by atoms with van der Waals surface area (Å²) in [5, 5.41) is 2.61. The van der Waals surface area contributed by atoms with Gasteiger partial charge in [-0.3, -0.25) is 9.69 Å². The zero-order valence-corrected chi connectivity index (χ0v) is 23.7. The summed E-state index contributed by atoms with van der Waals surface area (Å²) in [4.78, 5) is 13.4. The normalized spacial score (nSPS) is 12.8. The molecule has 0 saturated heterocycles. The summed E-state index contributed by atoms with van der Waals surface area (Å²) in [5.41, 5.74) is 1.50. The first-order valence-corrected chi connectivity index (χ1v) is 14.9. The number of hydrogen-bond donors (Lipinski definition) is 1. The van der Waals surface area contributed by atoms with Gasteiger partial charge in [-0.2, -0.15) is 13.2 Å². The van der Waals surface area contributed by atoms with E-state index in [1.54, 1.807) is 18.2 Å². The second-order valence-electron chi connectivity index (χ2n) is 9.90. The average Bonchev–Trinajstić information content (AvgIpc) is 2.89. The van der Waals surface area contributed by atoms with Gasteiger partial charge in [-0.05, 0) is 47.2 Å². The lowest BCUT2D eigenvalue weighted by atomic mass is 10.00. The highest BCUT2D eigenvalue weighted by Gasteiger charge is 2.30. The quantitative estimate of drug-likeness (QED) is 0.260. The Morgan fingerprint density at radius 3 is 2.40 bits per heavy atom. The standard InChI is InChI=1S/C30H35F3N2O4S/c1-22(25-10-5-4-6-11-25)20-35(21-24-9-7-12-27(17-24)30(31,32)33)15-8-16-39-28-14-13-26(19-34-23(2)36)29(18-28)40(3,37)38/h4-7,9-14,17-18,22H,8,15-16,19-21H2,1-3H3,(H,34,36). The summed E-state index contributed by atoms with van der Waals surface area (Å²) in [6.07, 6.45) is -2.74. The molecular weight excluding hydrogens is 541 g/mol. The van der Waals surface area contributed by atoms with Crippen molar-refractivity contribution in [3.8, 4) is 5.75 Å². The van der Waals surface area contributed by atoms with Crippen LogP contribution in [0.1, 0.15) is 48.4 Å². The molecule has 40 heavy (non-hydrogen) atoms. The van der Waals surface area contributed by atoms with Crippen molar-refractivity contribution in [2.45, 2.75) is 50.3 Å². The van der Waals surface area contributed by atoms with Gasteiger partial charge in [0.1, 0.15) is 5.75 Å². The van der Waals surface area contributed by atoms with Crippen molar-refractivity contribution in [3.63, 3.8) is 0 Å². The Bertz CT molecular complexity index is 1380. The molecule has 0 saturated carbocycles. The van der Waals surface area contributed by atoms with Gasteiger partial charge in [0.2, 0.25) is 5.91 Å². The van der Waals surface area contributed by atoms with E-state index in [9.17, 15) is 26.4 Å². The van der Waals surface area contributed by atoms with Crippen molar-refractivity contribution in [1.29, 1.82) is 0 Å². The second kappa shape index (κ2) is 13.8. The number of carbonyl (C=O) groups is 1. The van der Waals surface area contributed by atoms with E-state index >= 15 is 0 Å². The first-order valence-electron chi connectivity index (χ1n) is 13.0. The van der Waals surface area contributed by atoms with Crippen molar-refractivity contribution in [1.82, 2.24) is 10.2 Å². The van der Waals surface area contributed by atoms with E-state index < -0.39 is 21.6 Å². The number of hydrogen-bond acceptors (Lipinski definition) is 5. The number of rotatable bonds is 13. The molecule has 0 heterocycles. The molecule has 6 nitrogen and oxygen atoms in total. The smallest absolute Gasteiger partial charge is 0.416 e. The monoisotopic (exact) mass is 576 g/mol. The van der Waals surface area contributed by atoms with Crippen LogP contribution in [0.2, 0.25) is 0 Å². The van der Waals surface area contributed by atoms with Gasteiger partial charge in [-0.25, -0.2) is 8.42 Å². The van der Waals surface area contributed by atoms with Crippen LogP contribution in [0.3, 0.4) is 0 Å². The van der Waals surface area contributed by atoms with Crippen molar-refractivity contribution in [2.24, 2.45) is 0 Å². The lowest BCUT2D eigenvalue weighted by molar-refractivity contribution is -0.137. The molecule has 0 aliphatic heterocycles. The summed E-state index contributed by atoms with van der Waals surface area (Å²) >= 11 is 0. The third kappa shape index (κ3) is 9.67. The number of ether oxygens (including phenoxy) is 1. The van der Waals surface area contributed by atoms with Crippen LogP contribution in [0, 0.1) is 0 Å². The maximum Gasteiger partial charge on any atom is 0.416 e. The molecule has 0 aliphatic carbocycles. The first-order chi connectivity index (χ1) is 18.8. The summed E-state index contributed by atoms with van der Waals surface area (Å²) in [6.45, 7) is 5.35. The molecule has 216 valence electrons. The topological polar surface area (TPSA) is 75.7 Å². The number of carbonyl (C=O) groups excluding carboxylic acids is 1. The largest absolute Gasteiger partial charge is 0.494 e. The van der Waals surface area contributed by atoms with E-state index in [0.717, 1.165) is 17.9 Å². The minimum absolute atomic E-state index is 0.0848. The fraction of sp³-hybridized carbons (Fsp3) is 0.367. The van der Waals surface area contributed by atoms with Gasteiger partial charge < -0.3 is 10.1 Å². The third-order valence-corrected chi connectivity index (χ3v) is 7.59. The fourth-order valence-corrected chi connectivity index (χ4v) is 5.37. The number of nitrogens with one attached hydrogen (secondary N) is 1. The second-order valence-corrected chi connectivity index (χ2v) is 11.9. The molecule has 0 radical (unpaired) electrons. The zero-order valence-electron chi connectivity index (χ0n) is 22.9. The van der Waals surface area contributed by atoms with Crippen LogP contribution >= 0.6 is 0 Å². The van der Waals surface area contributed by atoms with Gasteiger partial charge in [0.25, 0.3) is 0 Å². The van der Waals surface area contributed by atoms with E-state index in [-0.39, 0.29) is 29.9 Å². The van der Waals surface area contributed by atoms with Crippen LogP contribution < -0.4 is 10.1 Å². The SMILES string of the molecule is CC(=O)NCc1ccc(OCCCN(Cc2cccc(C(F)(F)F)c2)CC(C)c2ccccc2)cc1S(C)(=O)=O. The highest BCUT2D eigenvalue weighted by Crippen LogP contribution is 2.30. The number of halogens is 3. The lowest BCUT2D eigenvalue weighted by Crippen LogP contribution is -2.29. The Labute approximate surface area is 234 Å². The molecule has 1 unspecified atom stereocenters. The number of sulfone groups is 1. The summed E-state index contributed by atoms with van der Waals surface area (Å²) < 4.78 is 70.3. The minimum atomic E-state index is -4.41. The molecule has 3 rings (SSSR count). The van der Waals surface area contributed by atoms with E-state index in [0.29, 0.717) is 42.9 Å². The van der Waals surface area contributed by atoms with Gasteiger partial charge in [-0.1, -0.05) is 61.5 Å². The van der Waals surface area contributed by atoms with Crippen molar-refractivity contribution in [2.75, 3.05) is 26.0 Å². The van der Waals surface area contributed by atoms with Crippen molar-refractivity contribution >= 4 is 15.7 Å². The molecule has 0 aromatic heterocycles.